The van der Waals surface area contributed by atoms with E-state index in [1.54, 1.807) is 13.3 Å². The van der Waals surface area contributed by atoms with Gasteiger partial charge in [-0.1, -0.05) is 25.7 Å². The van der Waals surface area contributed by atoms with Crippen LogP contribution in [0.2, 0.25) is 0 Å². The van der Waals surface area contributed by atoms with Crippen LogP contribution in [-0.4, -0.2) is 29.3 Å². The Balaban J connectivity index is 2.02. The normalized spacial score (nSPS) is 18.7. The summed E-state index contributed by atoms with van der Waals surface area (Å²) in [5.41, 5.74) is 1.27. The summed E-state index contributed by atoms with van der Waals surface area (Å²) in [6, 6.07) is 1.96. The minimum absolute atomic E-state index is 0.576. The Hall–Kier alpha value is -1.29. The fourth-order valence-corrected chi connectivity index (χ4v) is 2.67. The molecule has 0 aromatic carbocycles. The molecule has 19 heavy (non-hydrogen) atoms. The van der Waals surface area contributed by atoms with Gasteiger partial charge in [-0.2, -0.15) is 0 Å². The van der Waals surface area contributed by atoms with Crippen molar-refractivity contribution in [2.24, 2.45) is 0 Å². The first kappa shape index (κ1) is 14.1. The number of nitrogens with zero attached hydrogens (tertiary/aromatic N) is 1. The average Bonchev–Trinajstić information content (AvgIpc) is 2.62. The van der Waals surface area contributed by atoms with Crippen LogP contribution in [0.25, 0.3) is 0 Å². The molecule has 1 aromatic heterocycles. The van der Waals surface area contributed by atoms with Gasteiger partial charge in [0.15, 0.2) is 5.75 Å². The van der Waals surface area contributed by atoms with Crippen molar-refractivity contribution in [2.45, 2.75) is 51.0 Å². The van der Waals surface area contributed by atoms with Crippen LogP contribution >= 0.6 is 0 Å². The molecule has 4 nitrogen and oxygen atoms in total. The fraction of sp³-hybridized carbons (Fsp3) is 0.667. The van der Waals surface area contributed by atoms with Crippen molar-refractivity contribution in [1.29, 1.82) is 0 Å². The van der Waals surface area contributed by atoms with Gasteiger partial charge in [-0.25, -0.2) is 0 Å². The summed E-state index contributed by atoms with van der Waals surface area (Å²) in [6.07, 6.45) is 8.18. The molecule has 1 fully saturated rings. The maximum atomic E-state index is 10.6. The number of hydrogen-bond donors (Lipinski definition) is 2. The minimum atomic E-state index is -0.585. The lowest BCUT2D eigenvalue weighted by molar-refractivity contribution is 0.0381. The highest BCUT2D eigenvalue weighted by Gasteiger charge is 2.27. The summed E-state index contributed by atoms with van der Waals surface area (Å²) in [5.74, 6) is 0.725. The second-order valence-corrected chi connectivity index (χ2v) is 5.52. The Labute approximate surface area is 115 Å². The van der Waals surface area contributed by atoms with Gasteiger partial charge in [-0.3, -0.25) is 4.98 Å². The van der Waals surface area contributed by atoms with Gasteiger partial charge < -0.3 is 15.2 Å². The maximum absolute atomic E-state index is 10.6. The van der Waals surface area contributed by atoms with E-state index in [9.17, 15) is 5.11 Å². The fourth-order valence-electron chi connectivity index (χ4n) is 2.67. The summed E-state index contributed by atoms with van der Waals surface area (Å²) in [7, 11) is 1.64. The van der Waals surface area contributed by atoms with Crippen LogP contribution in [0.5, 0.6) is 5.75 Å². The molecule has 0 atom stereocenters. The van der Waals surface area contributed by atoms with E-state index in [0.29, 0.717) is 6.54 Å². The Morgan fingerprint density at radius 2 is 2.00 bits per heavy atom. The maximum Gasteiger partial charge on any atom is 0.160 e. The van der Waals surface area contributed by atoms with E-state index >= 15 is 0 Å². The van der Waals surface area contributed by atoms with Gasteiger partial charge in [0.05, 0.1) is 24.6 Å². The zero-order valence-corrected chi connectivity index (χ0v) is 11.9. The largest absolute Gasteiger partial charge is 0.493 e. The number of anilines is 1. The molecule has 0 bridgehead atoms. The van der Waals surface area contributed by atoms with Crippen molar-refractivity contribution < 1.29 is 9.84 Å². The van der Waals surface area contributed by atoms with Crippen LogP contribution in [0.3, 0.4) is 0 Å². The Morgan fingerprint density at radius 3 is 2.63 bits per heavy atom. The lowest BCUT2D eigenvalue weighted by Gasteiger charge is -2.27. The SMILES string of the molecule is COc1cnc(C)cc1NCC1(O)CCCCCC1. The molecule has 0 unspecified atom stereocenters. The molecule has 2 rings (SSSR count). The third-order valence-electron chi connectivity index (χ3n) is 3.87. The van der Waals surface area contributed by atoms with Gasteiger partial charge in [0.25, 0.3) is 0 Å². The Morgan fingerprint density at radius 1 is 1.32 bits per heavy atom. The highest BCUT2D eigenvalue weighted by molar-refractivity contribution is 5.56. The van der Waals surface area contributed by atoms with Gasteiger partial charge in [0.2, 0.25) is 0 Å². The molecule has 0 aliphatic heterocycles. The second-order valence-electron chi connectivity index (χ2n) is 5.52. The van der Waals surface area contributed by atoms with Crippen LogP contribution in [0.15, 0.2) is 12.3 Å². The van der Waals surface area contributed by atoms with E-state index < -0.39 is 5.60 Å². The van der Waals surface area contributed by atoms with Gasteiger partial charge >= 0.3 is 0 Å². The number of rotatable bonds is 4. The van der Waals surface area contributed by atoms with Gasteiger partial charge in [0.1, 0.15) is 0 Å². The molecule has 4 heteroatoms. The zero-order valence-electron chi connectivity index (χ0n) is 11.9. The van der Waals surface area contributed by atoms with E-state index in [0.717, 1.165) is 42.8 Å². The number of aromatic nitrogens is 1. The predicted octanol–water partition coefficient (Wildman–Crippen LogP) is 2.90. The van der Waals surface area contributed by atoms with Gasteiger partial charge in [-0.15, -0.1) is 0 Å². The number of aryl methyl sites for hydroxylation is 1. The van der Waals surface area contributed by atoms with E-state index in [-0.39, 0.29) is 0 Å². The molecular formula is C15H24N2O2. The van der Waals surface area contributed by atoms with Crippen molar-refractivity contribution in [3.8, 4) is 5.75 Å². The number of aliphatic hydroxyl groups is 1. The first-order chi connectivity index (χ1) is 9.13. The smallest absolute Gasteiger partial charge is 0.160 e. The van der Waals surface area contributed by atoms with E-state index in [2.05, 4.69) is 10.3 Å². The molecule has 1 heterocycles. The van der Waals surface area contributed by atoms with Crippen LogP contribution in [0.1, 0.15) is 44.2 Å². The molecule has 1 aliphatic carbocycles. The van der Waals surface area contributed by atoms with Crippen molar-refractivity contribution in [3.05, 3.63) is 18.0 Å². The Kier molecular flexibility index (Phi) is 4.64. The number of hydrogen-bond acceptors (Lipinski definition) is 4. The first-order valence-electron chi connectivity index (χ1n) is 7.10. The molecule has 1 aliphatic rings. The molecule has 0 radical (unpaired) electrons. The molecule has 2 N–H and O–H groups in total. The van der Waals surface area contributed by atoms with E-state index in [4.69, 9.17) is 4.74 Å². The first-order valence-corrected chi connectivity index (χ1v) is 7.10. The van der Waals surface area contributed by atoms with Crippen LogP contribution < -0.4 is 10.1 Å². The number of pyridine rings is 1. The lowest BCUT2D eigenvalue weighted by Crippen LogP contribution is -2.36. The third kappa shape index (κ3) is 3.83. The van der Waals surface area contributed by atoms with Crippen molar-refractivity contribution in [2.75, 3.05) is 19.0 Å². The van der Waals surface area contributed by atoms with Crippen molar-refractivity contribution in [3.63, 3.8) is 0 Å². The molecule has 106 valence electrons. The molecular weight excluding hydrogens is 240 g/mol. The molecule has 1 aromatic rings. The number of nitrogens with one attached hydrogen (secondary N) is 1. The number of ether oxygens (including phenoxy) is 1. The third-order valence-corrected chi connectivity index (χ3v) is 3.87. The van der Waals surface area contributed by atoms with Crippen LogP contribution in [0.4, 0.5) is 5.69 Å². The van der Waals surface area contributed by atoms with Crippen molar-refractivity contribution >= 4 is 5.69 Å². The molecule has 1 saturated carbocycles. The van der Waals surface area contributed by atoms with Crippen LogP contribution in [0, 0.1) is 6.92 Å². The molecule has 0 saturated heterocycles. The second kappa shape index (κ2) is 6.24. The van der Waals surface area contributed by atoms with Gasteiger partial charge in [-0.05, 0) is 25.8 Å². The highest BCUT2D eigenvalue weighted by Crippen LogP contribution is 2.29. The van der Waals surface area contributed by atoms with Crippen LogP contribution in [-0.2, 0) is 0 Å². The summed E-state index contributed by atoms with van der Waals surface area (Å²) in [6.45, 7) is 2.53. The van der Waals surface area contributed by atoms with Gasteiger partial charge in [0, 0.05) is 12.2 Å². The van der Waals surface area contributed by atoms with E-state index in [1.807, 2.05) is 13.0 Å². The monoisotopic (exact) mass is 264 g/mol. The summed E-state index contributed by atoms with van der Waals surface area (Å²) in [5, 5.41) is 14.0. The number of methoxy groups -OCH3 is 1. The van der Waals surface area contributed by atoms with Crippen molar-refractivity contribution in [1.82, 2.24) is 4.98 Å². The lowest BCUT2D eigenvalue weighted by atomic mass is 9.94. The summed E-state index contributed by atoms with van der Waals surface area (Å²) >= 11 is 0. The Bertz CT molecular complexity index is 413. The molecule has 0 amide bonds. The van der Waals surface area contributed by atoms with E-state index in [1.165, 1.54) is 12.8 Å². The zero-order chi connectivity index (χ0) is 13.7. The predicted molar refractivity (Wildman–Crippen MR) is 76.7 cm³/mol. The summed E-state index contributed by atoms with van der Waals surface area (Å²) < 4.78 is 5.29. The topological polar surface area (TPSA) is 54.4 Å². The highest BCUT2D eigenvalue weighted by atomic mass is 16.5. The standard InChI is InChI=1S/C15H24N2O2/c1-12-9-13(14(19-2)10-16-12)17-11-15(18)7-5-3-4-6-8-15/h9-10,18H,3-8,11H2,1-2H3,(H,16,17). The minimum Gasteiger partial charge on any atom is -0.493 e. The quantitative estimate of drug-likeness (QED) is 0.821. The summed E-state index contributed by atoms with van der Waals surface area (Å²) in [4.78, 5) is 4.21. The average molecular weight is 264 g/mol. The molecule has 0 spiro atoms.